The van der Waals surface area contributed by atoms with Crippen LogP contribution in [0.4, 0.5) is 0 Å². The molecule has 0 heterocycles. The maximum absolute atomic E-state index is 12.9. The lowest BCUT2D eigenvalue weighted by atomic mass is 10.1. The number of hydrogen-bond donors (Lipinski definition) is 0. The number of benzene rings is 3. The van der Waals surface area contributed by atoms with E-state index in [-0.39, 0.29) is 11.3 Å². The quantitative estimate of drug-likeness (QED) is 0.459. The maximum Gasteiger partial charge on any atom is 0.343 e. The summed E-state index contributed by atoms with van der Waals surface area (Å²) < 4.78 is 22.3. The average molecular weight is 407 g/mol. The summed E-state index contributed by atoms with van der Waals surface area (Å²) in [5, 5.41) is 0. The first-order valence-electron chi connectivity index (χ1n) is 8.97. The van der Waals surface area contributed by atoms with Crippen LogP contribution in [0, 0.1) is 13.8 Å². The zero-order chi connectivity index (χ0) is 21.0. The number of amides is 1. The Morgan fingerprint density at radius 3 is 2.14 bits per heavy atom. The van der Waals surface area contributed by atoms with Gasteiger partial charge in [0.1, 0.15) is 5.75 Å². The fourth-order valence-corrected chi connectivity index (χ4v) is 3.85. The van der Waals surface area contributed by atoms with Gasteiger partial charge in [-0.15, -0.1) is 0 Å². The Balaban J connectivity index is 1.95. The molecule has 0 aliphatic rings. The number of carbonyl (C=O) groups excluding carboxylic acids is 2. The van der Waals surface area contributed by atoms with E-state index in [1.165, 1.54) is 12.3 Å². The molecule has 6 heteroatoms. The molecule has 0 bridgehead atoms. The fourth-order valence-electron chi connectivity index (χ4n) is 2.67. The molecular formula is C23H21NO4S. The van der Waals surface area contributed by atoms with Crippen molar-refractivity contribution in [1.82, 2.24) is 0 Å². The molecule has 29 heavy (non-hydrogen) atoms. The second-order valence-corrected chi connectivity index (χ2v) is 9.03. The van der Waals surface area contributed by atoms with Gasteiger partial charge in [0.2, 0.25) is 0 Å². The van der Waals surface area contributed by atoms with Gasteiger partial charge in [0.05, 0.1) is 20.9 Å². The summed E-state index contributed by atoms with van der Waals surface area (Å²) in [6.07, 6.45) is 1.41. The van der Waals surface area contributed by atoms with Crippen LogP contribution in [-0.2, 0) is 9.73 Å². The molecular weight excluding hydrogens is 386 g/mol. The van der Waals surface area contributed by atoms with Crippen LogP contribution in [0.25, 0.3) is 0 Å². The summed E-state index contributed by atoms with van der Waals surface area (Å²) in [5.41, 5.74) is 2.29. The van der Waals surface area contributed by atoms with Crippen molar-refractivity contribution in [2.75, 3.05) is 6.26 Å². The van der Waals surface area contributed by atoms with Crippen LogP contribution in [0.3, 0.4) is 0 Å². The number of hydrogen-bond acceptors (Lipinski definition) is 4. The van der Waals surface area contributed by atoms with Crippen LogP contribution in [0.1, 0.15) is 31.8 Å². The molecule has 0 fully saturated rings. The Morgan fingerprint density at radius 2 is 1.48 bits per heavy atom. The molecule has 0 saturated heterocycles. The summed E-state index contributed by atoms with van der Waals surface area (Å²) in [4.78, 5) is 25.7. The molecule has 0 aromatic heterocycles. The Hall–Kier alpha value is -3.25. The highest BCUT2D eigenvalue weighted by Crippen LogP contribution is 2.24. The van der Waals surface area contributed by atoms with Crippen molar-refractivity contribution in [3.8, 4) is 5.75 Å². The zero-order valence-electron chi connectivity index (χ0n) is 16.4. The molecule has 3 aromatic carbocycles. The first kappa shape index (κ1) is 20.5. The SMILES string of the molecule is Cc1ccc(C(=O)Oc2cc(C)ccc2C(=O)N=S(C)(=O)c2ccccc2)cc1. The molecule has 1 unspecified atom stereocenters. The summed E-state index contributed by atoms with van der Waals surface area (Å²) >= 11 is 0. The standard InChI is InChI=1S/C23H21NO4S/c1-16-9-12-18(13-10-16)23(26)28-21-15-17(2)11-14-20(21)22(25)24-29(3,27)19-7-5-4-6-8-19/h4-15H,1-3H3. The fraction of sp³-hybridized carbons (Fsp3) is 0.130. The van der Waals surface area contributed by atoms with E-state index in [4.69, 9.17) is 4.74 Å². The number of carbonyl (C=O) groups is 2. The first-order valence-corrected chi connectivity index (χ1v) is 10.9. The van der Waals surface area contributed by atoms with E-state index in [9.17, 15) is 13.8 Å². The lowest BCUT2D eigenvalue weighted by Crippen LogP contribution is -2.12. The van der Waals surface area contributed by atoms with Gasteiger partial charge in [0.25, 0.3) is 5.91 Å². The van der Waals surface area contributed by atoms with Crippen molar-refractivity contribution in [3.05, 3.63) is 95.1 Å². The molecule has 0 aliphatic heterocycles. The lowest BCUT2D eigenvalue weighted by Gasteiger charge is -2.10. The number of esters is 1. The molecule has 1 amide bonds. The number of aryl methyl sites for hydroxylation is 2. The van der Waals surface area contributed by atoms with Crippen molar-refractivity contribution in [3.63, 3.8) is 0 Å². The van der Waals surface area contributed by atoms with Crippen molar-refractivity contribution in [1.29, 1.82) is 0 Å². The van der Waals surface area contributed by atoms with Crippen LogP contribution >= 0.6 is 0 Å². The van der Waals surface area contributed by atoms with Gasteiger partial charge in [0.15, 0.2) is 0 Å². The van der Waals surface area contributed by atoms with E-state index < -0.39 is 21.6 Å². The summed E-state index contributed by atoms with van der Waals surface area (Å²) in [5.74, 6) is -1.19. The monoisotopic (exact) mass is 407 g/mol. The number of rotatable bonds is 4. The zero-order valence-corrected chi connectivity index (χ0v) is 17.2. The Morgan fingerprint density at radius 1 is 0.862 bits per heavy atom. The van der Waals surface area contributed by atoms with E-state index in [2.05, 4.69) is 4.36 Å². The Kier molecular flexibility index (Phi) is 5.94. The molecule has 0 spiro atoms. The normalized spacial score (nSPS) is 12.7. The van der Waals surface area contributed by atoms with Gasteiger partial charge in [-0.05, 0) is 55.8 Å². The predicted octanol–water partition coefficient (Wildman–Crippen LogP) is 4.82. The van der Waals surface area contributed by atoms with E-state index >= 15 is 0 Å². The van der Waals surface area contributed by atoms with Crippen LogP contribution < -0.4 is 4.74 Å². The average Bonchev–Trinajstić information content (AvgIpc) is 2.69. The molecule has 0 N–H and O–H groups in total. The maximum atomic E-state index is 12.9. The molecule has 148 valence electrons. The second kappa shape index (κ2) is 8.41. The van der Waals surface area contributed by atoms with E-state index in [1.807, 2.05) is 13.8 Å². The minimum Gasteiger partial charge on any atom is -0.422 e. The van der Waals surface area contributed by atoms with Crippen molar-refractivity contribution in [2.24, 2.45) is 4.36 Å². The van der Waals surface area contributed by atoms with Gasteiger partial charge in [-0.3, -0.25) is 4.79 Å². The third-order valence-corrected chi connectivity index (χ3v) is 5.96. The number of nitrogens with zero attached hydrogens (tertiary/aromatic N) is 1. The van der Waals surface area contributed by atoms with Crippen LogP contribution in [0.2, 0.25) is 0 Å². The minimum absolute atomic E-state index is 0.0848. The van der Waals surface area contributed by atoms with Gasteiger partial charge in [-0.1, -0.05) is 42.0 Å². The molecule has 3 aromatic rings. The van der Waals surface area contributed by atoms with Crippen molar-refractivity contribution < 1.29 is 18.5 Å². The van der Waals surface area contributed by atoms with Gasteiger partial charge in [0, 0.05) is 11.2 Å². The van der Waals surface area contributed by atoms with Crippen LogP contribution in [-0.4, -0.2) is 22.3 Å². The van der Waals surface area contributed by atoms with E-state index in [1.54, 1.807) is 66.7 Å². The third kappa shape index (κ3) is 4.97. The highest BCUT2D eigenvalue weighted by atomic mass is 32.2. The summed E-state index contributed by atoms with van der Waals surface area (Å²) in [7, 11) is -2.93. The summed E-state index contributed by atoms with van der Waals surface area (Å²) in [6.45, 7) is 3.74. The van der Waals surface area contributed by atoms with E-state index in [0.717, 1.165) is 11.1 Å². The van der Waals surface area contributed by atoms with Crippen molar-refractivity contribution >= 4 is 21.6 Å². The predicted molar refractivity (Wildman–Crippen MR) is 113 cm³/mol. The van der Waals surface area contributed by atoms with Gasteiger partial charge >= 0.3 is 5.97 Å². The highest BCUT2D eigenvalue weighted by Gasteiger charge is 2.18. The van der Waals surface area contributed by atoms with Gasteiger partial charge in [-0.2, -0.15) is 4.36 Å². The summed E-state index contributed by atoms with van der Waals surface area (Å²) in [6, 6.07) is 20.4. The van der Waals surface area contributed by atoms with Crippen molar-refractivity contribution in [2.45, 2.75) is 18.7 Å². The smallest absolute Gasteiger partial charge is 0.343 e. The Labute approximate surface area is 170 Å². The molecule has 1 atom stereocenters. The molecule has 0 aliphatic carbocycles. The molecule has 0 saturated carbocycles. The number of ether oxygens (including phenoxy) is 1. The minimum atomic E-state index is -2.93. The molecule has 5 nitrogen and oxygen atoms in total. The molecule has 3 rings (SSSR count). The van der Waals surface area contributed by atoms with Crippen LogP contribution in [0.5, 0.6) is 5.75 Å². The third-order valence-electron chi connectivity index (χ3n) is 4.30. The topological polar surface area (TPSA) is 72.8 Å². The lowest BCUT2D eigenvalue weighted by molar-refractivity contribution is 0.0732. The first-order chi connectivity index (χ1) is 13.8. The van der Waals surface area contributed by atoms with Crippen LogP contribution in [0.15, 0.2) is 82.1 Å². The van der Waals surface area contributed by atoms with Gasteiger partial charge < -0.3 is 4.74 Å². The Bertz CT molecular complexity index is 1180. The largest absolute Gasteiger partial charge is 0.422 e. The molecule has 0 radical (unpaired) electrons. The van der Waals surface area contributed by atoms with E-state index in [0.29, 0.717) is 10.5 Å². The second-order valence-electron chi connectivity index (χ2n) is 6.77. The van der Waals surface area contributed by atoms with Gasteiger partial charge in [-0.25, -0.2) is 9.00 Å². The highest BCUT2D eigenvalue weighted by molar-refractivity contribution is 7.93.